The minimum Gasteiger partial charge on any atom is -0.497 e. The number of methoxy groups -OCH3 is 2. The Kier molecular flexibility index (Phi) is 5.05. The van der Waals surface area contributed by atoms with Gasteiger partial charge in [-0.05, 0) is 42.0 Å². The van der Waals surface area contributed by atoms with Crippen molar-refractivity contribution in [2.24, 2.45) is 0 Å². The summed E-state index contributed by atoms with van der Waals surface area (Å²) in [6, 6.07) is 13.4. The lowest BCUT2D eigenvalue weighted by Gasteiger charge is -2.16. The number of rotatable bonds is 6. The molecule has 2 aromatic carbocycles. The lowest BCUT2D eigenvalue weighted by molar-refractivity contribution is -0.367. The van der Waals surface area contributed by atoms with Crippen LogP contribution in [0.5, 0.6) is 11.5 Å². The van der Waals surface area contributed by atoms with Crippen LogP contribution >= 0.6 is 0 Å². The van der Waals surface area contributed by atoms with Gasteiger partial charge in [-0.1, -0.05) is 12.1 Å². The van der Waals surface area contributed by atoms with Crippen molar-refractivity contribution < 1.29 is 23.6 Å². The molecule has 0 radical (unpaired) electrons. The zero-order valence-corrected chi connectivity index (χ0v) is 13.5. The molecule has 0 spiro atoms. The molecule has 0 amide bonds. The monoisotopic (exact) mass is 322 g/mol. The highest BCUT2D eigenvalue weighted by atomic mass is 32.2. The van der Waals surface area contributed by atoms with Crippen molar-refractivity contribution in [1.82, 2.24) is 0 Å². The fourth-order valence-corrected chi connectivity index (χ4v) is 3.93. The van der Waals surface area contributed by atoms with Gasteiger partial charge in [0.15, 0.2) is 9.84 Å². The Hall–Kier alpha value is -2.05. The van der Waals surface area contributed by atoms with Crippen LogP contribution in [0.3, 0.4) is 0 Å². The van der Waals surface area contributed by atoms with E-state index in [1.165, 1.54) is 0 Å². The molecule has 0 aliphatic rings. The van der Waals surface area contributed by atoms with E-state index in [1.807, 2.05) is 0 Å². The lowest BCUT2D eigenvalue weighted by atomic mass is 10.1. The van der Waals surface area contributed by atoms with Crippen LogP contribution in [0, 0.1) is 0 Å². The normalized spacial score (nSPS) is 12.7. The van der Waals surface area contributed by atoms with Crippen molar-refractivity contribution in [3.8, 4) is 11.5 Å². The number of quaternary nitrogens is 1. The van der Waals surface area contributed by atoms with Crippen LogP contribution in [0.1, 0.15) is 10.8 Å². The Balaban J connectivity index is 2.43. The van der Waals surface area contributed by atoms with Gasteiger partial charge in [-0.2, -0.15) is 0 Å². The van der Waals surface area contributed by atoms with Gasteiger partial charge in [-0.25, -0.2) is 8.42 Å². The smallest absolute Gasteiger partial charge is 0.190 e. The minimum atomic E-state index is -3.53. The third kappa shape index (κ3) is 3.23. The molecule has 1 atom stereocenters. The second kappa shape index (κ2) is 6.81. The van der Waals surface area contributed by atoms with Crippen LogP contribution in [-0.4, -0.2) is 29.2 Å². The SMILES string of the molecule is COc1ccc(S(=O)(=O)[C@@H](C[NH3+])c2cccc(OC)c2)cc1. The molecule has 2 rings (SSSR count). The molecule has 2 aromatic rings. The first kappa shape index (κ1) is 16.3. The summed E-state index contributed by atoms with van der Waals surface area (Å²) in [5.41, 5.74) is 4.47. The highest BCUT2D eigenvalue weighted by Gasteiger charge is 2.30. The molecule has 0 aliphatic carbocycles. The molecule has 118 valence electrons. The van der Waals surface area contributed by atoms with Gasteiger partial charge in [0.25, 0.3) is 0 Å². The fraction of sp³-hybridized carbons (Fsp3) is 0.250. The van der Waals surface area contributed by atoms with E-state index in [1.54, 1.807) is 62.8 Å². The number of ether oxygens (including phenoxy) is 2. The molecule has 0 aromatic heterocycles. The maximum absolute atomic E-state index is 12.8. The van der Waals surface area contributed by atoms with Crippen LogP contribution in [0.4, 0.5) is 0 Å². The van der Waals surface area contributed by atoms with Crippen LogP contribution < -0.4 is 15.2 Å². The summed E-state index contributed by atoms with van der Waals surface area (Å²) in [6.07, 6.45) is 0. The van der Waals surface area contributed by atoms with Gasteiger partial charge in [0.2, 0.25) is 0 Å². The van der Waals surface area contributed by atoms with Crippen molar-refractivity contribution in [2.45, 2.75) is 10.1 Å². The maximum Gasteiger partial charge on any atom is 0.190 e. The summed E-state index contributed by atoms with van der Waals surface area (Å²) in [4.78, 5) is 0.254. The molecule has 0 saturated heterocycles. The minimum absolute atomic E-state index is 0.238. The van der Waals surface area contributed by atoms with E-state index in [2.05, 4.69) is 5.73 Å². The van der Waals surface area contributed by atoms with Crippen molar-refractivity contribution in [2.75, 3.05) is 20.8 Å². The highest BCUT2D eigenvalue weighted by Crippen LogP contribution is 2.30. The molecule has 5 nitrogen and oxygen atoms in total. The summed E-state index contributed by atoms with van der Waals surface area (Å²) in [6.45, 7) is 0.238. The first-order chi connectivity index (χ1) is 10.5. The van der Waals surface area contributed by atoms with E-state index in [9.17, 15) is 8.42 Å². The van der Waals surface area contributed by atoms with Crippen LogP contribution in [0.25, 0.3) is 0 Å². The Labute approximate surface area is 130 Å². The third-order valence-electron chi connectivity index (χ3n) is 3.49. The molecule has 0 saturated carbocycles. The van der Waals surface area contributed by atoms with Crippen molar-refractivity contribution in [3.05, 3.63) is 54.1 Å². The van der Waals surface area contributed by atoms with Crippen molar-refractivity contribution in [3.63, 3.8) is 0 Å². The number of hydrogen-bond donors (Lipinski definition) is 1. The summed E-state index contributed by atoms with van der Waals surface area (Å²) in [5, 5.41) is -0.712. The molecule has 0 aliphatic heterocycles. The lowest BCUT2D eigenvalue weighted by Crippen LogP contribution is -2.54. The van der Waals surface area contributed by atoms with Gasteiger partial charge in [0.05, 0.1) is 25.7 Å². The first-order valence-electron chi connectivity index (χ1n) is 6.84. The molecule has 3 N–H and O–H groups in total. The van der Waals surface area contributed by atoms with Gasteiger partial charge in [-0.15, -0.1) is 0 Å². The summed E-state index contributed by atoms with van der Waals surface area (Å²) in [7, 11) is -0.436. The zero-order valence-electron chi connectivity index (χ0n) is 12.7. The van der Waals surface area contributed by atoms with Crippen LogP contribution in [-0.2, 0) is 9.84 Å². The molecular weight excluding hydrogens is 302 g/mol. The van der Waals surface area contributed by atoms with Gasteiger partial charge >= 0.3 is 0 Å². The Morgan fingerprint density at radius 3 is 2.18 bits per heavy atom. The van der Waals surface area contributed by atoms with E-state index in [0.29, 0.717) is 17.1 Å². The van der Waals surface area contributed by atoms with Gasteiger partial charge in [0, 0.05) is 0 Å². The van der Waals surface area contributed by atoms with E-state index in [0.717, 1.165) is 0 Å². The second-order valence-corrected chi connectivity index (χ2v) is 6.90. The van der Waals surface area contributed by atoms with Crippen molar-refractivity contribution >= 4 is 9.84 Å². The Bertz CT molecular complexity index is 726. The summed E-state index contributed by atoms with van der Waals surface area (Å²) in [5.74, 6) is 1.24. The van der Waals surface area contributed by atoms with E-state index in [-0.39, 0.29) is 11.4 Å². The third-order valence-corrected chi connectivity index (χ3v) is 5.68. The van der Waals surface area contributed by atoms with Crippen LogP contribution in [0.15, 0.2) is 53.4 Å². The molecule has 0 heterocycles. The summed E-state index contributed by atoms with van der Waals surface area (Å²) < 4.78 is 35.9. The maximum atomic E-state index is 12.8. The average Bonchev–Trinajstić information content (AvgIpc) is 2.55. The Morgan fingerprint density at radius 2 is 1.64 bits per heavy atom. The first-order valence-corrected chi connectivity index (χ1v) is 8.38. The van der Waals surface area contributed by atoms with E-state index in [4.69, 9.17) is 9.47 Å². The quantitative estimate of drug-likeness (QED) is 0.873. The van der Waals surface area contributed by atoms with Gasteiger partial charge in [-0.3, -0.25) is 0 Å². The second-order valence-electron chi connectivity index (χ2n) is 4.77. The van der Waals surface area contributed by atoms with Crippen molar-refractivity contribution in [1.29, 1.82) is 0 Å². The largest absolute Gasteiger partial charge is 0.497 e. The molecule has 6 heteroatoms. The standard InChI is InChI=1S/C16H19NO4S/c1-20-13-6-8-15(9-7-13)22(18,19)16(11-17)12-4-3-5-14(10-12)21-2/h3-10,16H,11,17H2,1-2H3/p+1/t16-/m0/s1. The average molecular weight is 322 g/mol. The molecule has 0 bridgehead atoms. The predicted molar refractivity (Wildman–Crippen MR) is 83.7 cm³/mol. The highest BCUT2D eigenvalue weighted by molar-refractivity contribution is 7.91. The van der Waals surface area contributed by atoms with Crippen LogP contribution in [0.2, 0.25) is 0 Å². The predicted octanol–water partition coefficient (Wildman–Crippen LogP) is 1.46. The molecular formula is C16H20NO4S+. The number of sulfone groups is 1. The Morgan fingerprint density at radius 1 is 1.00 bits per heavy atom. The van der Waals surface area contributed by atoms with Gasteiger partial charge in [0.1, 0.15) is 16.7 Å². The topological polar surface area (TPSA) is 80.2 Å². The summed E-state index contributed by atoms with van der Waals surface area (Å²) >= 11 is 0. The number of hydrogen-bond acceptors (Lipinski definition) is 4. The zero-order chi connectivity index (χ0) is 16.2. The fourth-order valence-electron chi connectivity index (χ4n) is 2.27. The molecule has 0 unspecified atom stereocenters. The van der Waals surface area contributed by atoms with E-state index < -0.39 is 15.1 Å². The number of benzene rings is 2. The van der Waals surface area contributed by atoms with Gasteiger partial charge < -0.3 is 15.2 Å². The molecule has 22 heavy (non-hydrogen) atoms. The van der Waals surface area contributed by atoms with E-state index >= 15 is 0 Å². The molecule has 0 fully saturated rings.